The van der Waals surface area contributed by atoms with Crippen LogP contribution in [0, 0.1) is 5.92 Å². The highest BCUT2D eigenvalue weighted by atomic mass is 16.5. The summed E-state index contributed by atoms with van der Waals surface area (Å²) in [4.78, 5) is 14.7. The molecule has 19 heavy (non-hydrogen) atoms. The molecule has 1 saturated heterocycles. The molecule has 0 bridgehead atoms. The molecule has 0 amide bonds. The van der Waals surface area contributed by atoms with Crippen LogP contribution in [0.1, 0.15) is 52.9 Å². The van der Waals surface area contributed by atoms with E-state index in [9.17, 15) is 4.79 Å². The third-order valence-electron chi connectivity index (χ3n) is 4.83. The lowest BCUT2D eigenvalue weighted by Crippen LogP contribution is -2.60. The molecule has 0 aromatic heterocycles. The average Bonchev–Trinajstić information content (AvgIpc) is 3.18. The number of ether oxygens (including phenoxy) is 1. The lowest BCUT2D eigenvalue weighted by atomic mass is 9.93. The van der Waals surface area contributed by atoms with Gasteiger partial charge in [-0.25, -0.2) is 4.79 Å². The Morgan fingerprint density at radius 2 is 2.00 bits per heavy atom. The number of carbonyl (C=O) groups excluding carboxylic acids is 1. The Bertz CT molecular complexity index is 330. The van der Waals surface area contributed by atoms with Crippen LogP contribution in [0.15, 0.2) is 0 Å². The van der Waals surface area contributed by atoms with Gasteiger partial charge < -0.3 is 10.5 Å². The number of hydrogen-bond acceptors (Lipinski definition) is 4. The monoisotopic (exact) mass is 268 g/mol. The van der Waals surface area contributed by atoms with Crippen LogP contribution in [0.2, 0.25) is 0 Å². The second-order valence-corrected chi connectivity index (χ2v) is 6.20. The summed E-state index contributed by atoms with van der Waals surface area (Å²) in [5.41, 5.74) is 5.69. The Kier molecular flexibility index (Phi) is 4.51. The molecular formula is C15H28N2O2. The van der Waals surface area contributed by atoms with E-state index in [1.54, 1.807) is 0 Å². The SMILES string of the molecule is CCOC(=O)C(N)(CN1C(C)CCC1CC)C1CC1. The van der Waals surface area contributed by atoms with Crippen molar-refractivity contribution in [3.8, 4) is 0 Å². The molecule has 2 rings (SSSR count). The molecule has 2 aliphatic rings. The van der Waals surface area contributed by atoms with Crippen molar-refractivity contribution in [2.75, 3.05) is 13.2 Å². The molecule has 2 N–H and O–H groups in total. The summed E-state index contributed by atoms with van der Waals surface area (Å²) in [5, 5.41) is 0. The van der Waals surface area contributed by atoms with Crippen LogP contribution < -0.4 is 5.73 Å². The zero-order chi connectivity index (χ0) is 14.0. The number of carbonyl (C=O) groups is 1. The van der Waals surface area contributed by atoms with Gasteiger partial charge in [0.25, 0.3) is 0 Å². The molecule has 3 atom stereocenters. The van der Waals surface area contributed by atoms with Gasteiger partial charge in [-0.15, -0.1) is 0 Å². The maximum absolute atomic E-state index is 12.3. The maximum Gasteiger partial charge on any atom is 0.327 e. The standard InChI is InChI=1S/C15H28N2O2/c1-4-13-9-6-11(3)17(13)10-15(16,12-7-8-12)14(18)19-5-2/h11-13H,4-10,16H2,1-3H3. The van der Waals surface area contributed by atoms with Gasteiger partial charge in [-0.05, 0) is 51.9 Å². The van der Waals surface area contributed by atoms with Gasteiger partial charge in [0, 0.05) is 18.6 Å². The topological polar surface area (TPSA) is 55.6 Å². The second-order valence-electron chi connectivity index (χ2n) is 6.20. The minimum atomic E-state index is -0.790. The first-order valence-electron chi connectivity index (χ1n) is 7.74. The number of hydrogen-bond donors (Lipinski definition) is 1. The molecule has 3 unspecified atom stereocenters. The van der Waals surface area contributed by atoms with E-state index in [4.69, 9.17) is 10.5 Å². The van der Waals surface area contributed by atoms with E-state index in [0.29, 0.717) is 31.2 Å². The quantitative estimate of drug-likeness (QED) is 0.748. The Morgan fingerprint density at radius 3 is 2.53 bits per heavy atom. The Hall–Kier alpha value is -0.610. The molecule has 0 aromatic carbocycles. The molecule has 1 heterocycles. The van der Waals surface area contributed by atoms with E-state index in [1.807, 2.05) is 6.92 Å². The van der Waals surface area contributed by atoms with Crippen molar-refractivity contribution in [2.24, 2.45) is 11.7 Å². The number of nitrogens with two attached hydrogens (primary N) is 1. The molecule has 0 spiro atoms. The van der Waals surface area contributed by atoms with Gasteiger partial charge in [-0.2, -0.15) is 0 Å². The van der Waals surface area contributed by atoms with Crippen molar-refractivity contribution in [3.05, 3.63) is 0 Å². The van der Waals surface area contributed by atoms with Crippen molar-refractivity contribution in [2.45, 2.75) is 70.5 Å². The van der Waals surface area contributed by atoms with E-state index in [1.165, 1.54) is 12.8 Å². The van der Waals surface area contributed by atoms with Crippen molar-refractivity contribution < 1.29 is 9.53 Å². The van der Waals surface area contributed by atoms with Crippen molar-refractivity contribution in [1.82, 2.24) is 4.90 Å². The Balaban J connectivity index is 2.09. The van der Waals surface area contributed by atoms with Crippen LogP contribution in [0.5, 0.6) is 0 Å². The van der Waals surface area contributed by atoms with Gasteiger partial charge in [0.1, 0.15) is 5.54 Å². The maximum atomic E-state index is 12.3. The first-order chi connectivity index (χ1) is 9.02. The molecule has 1 saturated carbocycles. The van der Waals surface area contributed by atoms with Crippen LogP contribution >= 0.6 is 0 Å². The minimum absolute atomic E-state index is 0.202. The fraction of sp³-hybridized carbons (Fsp3) is 0.933. The van der Waals surface area contributed by atoms with Crippen molar-refractivity contribution >= 4 is 5.97 Å². The van der Waals surface area contributed by atoms with Crippen LogP contribution in [0.3, 0.4) is 0 Å². The smallest absolute Gasteiger partial charge is 0.327 e. The minimum Gasteiger partial charge on any atom is -0.465 e. The lowest BCUT2D eigenvalue weighted by Gasteiger charge is -2.36. The van der Waals surface area contributed by atoms with E-state index in [2.05, 4.69) is 18.7 Å². The van der Waals surface area contributed by atoms with E-state index in [0.717, 1.165) is 19.3 Å². The van der Waals surface area contributed by atoms with Gasteiger partial charge in [0.2, 0.25) is 0 Å². The molecule has 4 nitrogen and oxygen atoms in total. The normalized spacial score (nSPS) is 31.2. The third kappa shape index (κ3) is 2.95. The van der Waals surface area contributed by atoms with Crippen LogP contribution in [-0.2, 0) is 9.53 Å². The Labute approximate surface area is 116 Å². The zero-order valence-corrected chi connectivity index (χ0v) is 12.5. The van der Waals surface area contributed by atoms with Crippen LogP contribution in [0.4, 0.5) is 0 Å². The Morgan fingerprint density at radius 1 is 1.32 bits per heavy atom. The summed E-state index contributed by atoms with van der Waals surface area (Å²) < 4.78 is 5.23. The highest BCUT2D eigenvalue weighted by molar-refractivity contribution is 5.82. The predicted molar refractivity (Wildman–Crippen MR) is 75.8 cm³/mol. The van der Waals surface area contributed by atoms with Crippen molar-refractivity contribution in [1.29, 1.82) is 0 Å². The van der Waals surface area contributed by atoms with Crippen LogP contribution in [0.25, 0.3) is 0 Å². The van der Waals surface area contributed by atoms with Gasteiger partial charge in [-0.3, -0.25) is 4.90 Å². The number of rotatable bonds is 6. The number of nitrogens with zero attached hydrogens (tertiary/aromatic N) is 1. The van der Waals surface area contributed by atoms with E-state index in [-0.39, 0.29) is 5.97 Å². The van der Waals surface area contributed by atoms with Gasteiger partial charge in [-0.1, -0.05) is 6.92 Å². The van der Waals surface area contributed by atoms with E-state index < -0.39 is 5.54 Å². The second kappa shape index (κ2) is 5.80. The highest BCUT2D eigenvalue weighted by Gasteiger charge is 2.51. The third-order valence-corrected chi connectivity index (χ3v) is 4.83. The summed E-state index contributed by atoms with van der Waals surface area (Å²) in [5.74, 6) is 0.114. The predicted octanol–water partition coefficient (Wildman–Crippen LogP) is 1.92. The first kappa shape index (κ1) is 14.8. The van der Waals surface area contributed by atoms with Gasteiger partial charge >= 0.3 is 5.97 Å². The molecule has 4 heteroatoms. The highest BCUT2D eigenvalue weighted by Crippen LogP contribution is 2.41. The van der Waals surface area contributed by atoms with E-state index >= 15 is 0 Å². The first-order valence-corrected chi connectivity index (χ1v) is 7.74. The average molecular weight is 268 g/mol. The lowest BCUT2D eigenvalue weighted by molar-refractivity contribution is -0.151. The fourth-order valence-corrected chi connectivity index (χ4v) is 3.38. The van der Waals surface area contributed by atoms with Crippen molar-refractivity contribution in [3.63, 3.8) is 0 Å². The zero-order valence-electron chi connectivity index (χ0n) is 12.5. The van der Waals surface area contributed by atoms with Crippen LogP contribution in [-0.4, -0.2) is 41.6 Å². The molecule has 1 aliphatic carbocycles. The number of esters is 1. The summed E-state index contributed by atoms with van der Waals surface area (Å²) in [6, 6.07) is 1.10. The summed E-state index contributed by atoms with van der Waals surface area (Å²) in [6.45, 7) is 7.38. The molecule has 1 aliphatic heterocycles. The largest absolute Gasteiger partial charge is 0.465 e. The van der Waals surface area contributed by atoms with Gasteiger partial charge in [0.15, 0.2) is 0 Å². The molecule has 110 valence electrons. The van der Waals surface area contributed by atoms with Gasteiger partial charge in [0.05, 0.1) is 6.61 Å². The summed E-state index contributed by atoms with van der Waals surface area (Å²) in [6.07, 6.45) is 5.69. The molecule has 2 fully saturated rings. The fourth-order valence-electron chi connectivity index (χ4n) is 3.38. The molecule has 0 aromatic rings. The summed E-state index contributed by atoms with van der Waals surface area (Å²) in [7, 11) is 0. The summed E-state index contributed by atoms with van der Waals surface area (Å²) >= 11 is 0. The molecular weight excluding hydrogens is 240 g/mol. The molecule has 0 radical (unpaired) electrons. The number of likely N-dealkylation sites (tertiary alicyclic amines) is 1.